The molecule has 0 amide bonds. The lowest BCUT2D eigenvalue weighted by Gasteiger charge is -2.50. The third-order valence-electron chi connectivity index (χ3n) is 14.9. The highest BCUT2D eigenvalue weighted by molar-refractivity contribution is 5.02. The van der Waals surface area contributed by atoms with E-state index in [4.69, 9.17) is 66.3 Å². The molecule has 35 atom stereocenters. The topological polar surface area (TPSA) is 583 Å². The van der Waals surface area contributed by atoms with Crippen molar-refractivity contribution in [1.82, 2.24) is 0 Å². The van der Waals surface area contributed by atoms with Crippen LogP contribution in [0.25, 0.3) is 10.4 Å². The molecule has 21 aliphatic heterocycles. The van der Waals surface area contributed by atoms with Crippen LogP contribution in [0.2, 0.25) is 0 Å². The second kappa shape index (κ2) is 26.9. The molecule has 0 spiro atoms. The molecule has 0 radical (unpaired) electrons. The highest BCUT2D eigenvalue weighted by Gasteiger charge is 2.59. The summed E-state index contributed by atoms with van der Waals surface area (Å²) in [6.07, 6.45) is -70.7. The monoisotopic (exact) mass is 1160 g/mol. The van der Waals surface area contributed by atoms with Crippen molar-refractivity contribution in [2.45, 2.75) is 215 Å². The lowest BCUT2D eigenvalue weighted by Crippen LogP contribution is -2.68. The molecule has 21 rings (SSSR count). The van der Waals surface area contributed by atoms with Gasteiger partial charge in [-0.15, -0.1) is 0 Å². The molecule has 79 heavy (non-hydrogen) atoms. The van der Waals surface area contributed by atoms with Crippen LogP contribution in [0.3, 0.4) is 0 Å². The fraction of sp³-hybridized carbons (Fsp3) is 1.00. The van der Waals surface area contributed by atoms with Crippen molar-refractivity contribution in [3.8, 4) is 0 Å². The van der Waals surface area contributed by atoms with E-state index in [1.165, 1.54) is 0 Å². The molecule has 456 valence electrons. The molecule has 20 N–H and O–H groups in total. The Bertz CT molecular complexity index is 1960. The van der Waals surface area contributed by atoms with Gasteiger partial charge < -0.3 is 168 Å². The van der Waals surface area contributed by atoms with E-state index < -0.39 is 261 Å². The maximum atomic E-state index is 11.5. The number of hydrogen-bond donors (Lipinski definition) is 20. The standard InChI is InChI=1S/C42H69N3O34/c43-45-44-1-8-29-15(52)22(59)36(66-8)74-30-9(2-46)68-38(24(61)17(30)54)76-32-11(4-48)70-40(26(63)19(32)56)78-34-13(6-50)72-42(28(65)21(34)58)79-35-14(7-51)71-41(27(64)20(35)57)77-33-12(5-49)69-39(25(62)18(33)55)75-31-10(3-47)67-37(73-29)23(60)16(31)53/h8-42,46-65H,1-7H2/t8-,9-,10-,11-,12-,13-,14-,15?,16-,17-,18-,19-,20-,21-,22?,23-,24?,25-,26?,27-,28-,29-,30-,31-,32-,33-,34-,35-,36-,37-,38-,39-,40-,41-,42-/m1/s1. The summed E-state index contributed by atoms with van der Waals surface area (Å²) in [7, 11) is 0. The highest BCUT2D eigenvalue weighted by atomic mass is 16.8. The zero-order valence-electron chi connectivity index (χ0n) is 41.2. The van der Waals surface area contributed by atoms with Gasteiger partial charge in [0, 0.05) is 4.91 Å². The Morgan fingerprint density at radius 3 is 0.544 bits per heavy atom. The average Bonchev–Trinajstić information content (AvgIpc) is 3.49. The maximum Gasteiger partial charge on any atom is 0.187 e. The molecule has 21 heterocycles. The molecular weight excluding hydrogens is 1090 g/mol. The van der Waals surface area contributed by atoms with E-state index in [1.54, 1.807) is 0 Å². The van der Waals surface area contributed by atoms with Gasteiger partial charge in [0.15, 0.2) is 44.0 Å². The Morgan fingerprint density at radius 2 is 0.392 bits per heavy atom. The Kier molecular flexibility index (Phi) is 21.4. The largest absolute Gasteiger partial charge is 0.394 e. The van der Waals surface area contributed by atoms with Gasteiger partial charge in [-0.3, -0.25) is 0 Å². The minimum atomic E-state index is -2.23. The van der Waals surface area contributed by atoms with Gasteiger partial charge in [0.25, 0.3) is 0 Å². The summed E-state index contributed by atoms with van der Waals surface area (Å²) in [6, 6.07) is 0. The summed E-state index contributed by atoms with van der Waals surface area (Å²) >= 11 is 0. The van der Waals surface area contributed by atoms with Crippen LogP contribution in [0.15, 0.2) is 5.11 Å². The number of aliphatic hydroxyl groups excluding tert-OH is 20. The molecule has 21 saturated heterocycles. The number of nitrogens with zero attached hydrogens (tertiary/aromatic N) is 3. The number of hydrogen-bond acceptors (Lipinski definition) is 35. The minimum Gasteiger partial charge on any atom is -0.394 e. The molecule has 0 aromatic heterocycles. The molecule has 0 aromatic rings. The smallest absolute Gasteiger partial charge is 0.187 e. The van der Waals surface area contributed by atoms with Crippen LogP contribution in [0.1, 0.15) is 0 Å². The van der Waals surface area contributed by atoms with Crippen LogP contribution in [-0.4, -0.2) is 363 Å². The van der Waals surface area contributed by atoms with E-state index in [-0.39, 0.29) is 0 Å². The molecule has 0 aromatic carbocycles. The Balaban J connectivity index is 1.09. The second-order valence-electron chi connectivity index (χ2n) is 19.9. The van der Waals surface area contributed by atoms with Gasteiger partial charge in [-0.2, -0.15) is 0 Å². The van der Waals surface area contributed by atoms with Crippen molar-refractivity contribution in [3.05, 3.63) is 10.4 Å². The summed E-state index contributed by atoms with van der Waals surface area (Å²) in [4.78, 5) is 2.64. The molecule has 4 unspecified atom stereocenters. The summed E-state index contributed by atoms with van der Waals surface area (Å²) in [6.45, 7) is -7.08. The lowest BCUT2D eigenvalue weighted by atomic mass is 9.95. The summed E-state index contributed by atoms with van der Waals surface area (Å²) in [5, 5.41) is 224. The van der Waals surface area contributed by atoms with E-state index in [0.717, 1.165) is 0 Å². The molecular formula is C42H69N3O34. The maximum absolute atomic E-state index is 11.5. The number of ether oxygens (including phenoxy) is 14. The first-order valence-electron chi connectivity index (χ1n) is 25.0. The van der Waals surface area contributed by atoms with E-state index in [0.29, 0.717) is 0 Å². The van der Waals surface area contributed by atoms with Crippen molar-refractivity contribution in [2.24, 2.45) is 5.11 Å². The molecule has 37 heteroatoms. The molecule has 37 nitrogen and oxygen atoms in total. The van der Waals surface area contributed by atoms with Crippen LogP contribution in [-0.2, 0) is 66.3 Å². The summed E-state index contributed by atoms with van der Waals surface area (Å²) < 4.78 is 79.9. The fourth-order valence-electron chi connectivity index (χ4n) is 10.5. The molecule has 21 aliphatic rings. The third-order valence-corrected chi connectivity index (χ3v) is 14.9. The summed E-state index contributed by atoms with van der Waals surface area (Å²) in [5.41, 5.74) is 9.19. The fourth-order valence-corrected chi connectivity index (χ4v) is 10.5. The van der Waals surface area contributed by atoms with Gasteiger partial charge in [-0.25, -0.2) is 0 Å². The molecule has 0 saturated carbocycles. The first-order chi connectivity index (χ1) is 37.7. The van der Waals surface area contributed by atoms with Crippen molar-refractivity contribution in [2.75, 3.05) is 46.2 Å². The van der Waals surface area contributed by atoms with Gasteiger partial charge >= 0.3 is 0 Å². The van der Waals surface area contributed by atoms with E-state index >= 15 is 0 Å². The van der Waals surface area contributed by atoms with Crippen LogP contribution in [0.5, 0.6) is 0 Å². The average molecular weight is 1160 g/mol. The van der Waals surface area contributed by atoms with Crippen molar-refractivity contribution in [3.63, 3.8) is 0 Å². The zero-order chi connectivity index (χ0) is 57.5. The van der Waals surface area contributed by atoms with E-state index in [9.17, 15) is 108 Å². The van der Waals surface area contributed by atoms with E-state index in [1.807, 2.05) is 0 Å². The predicted octanol–water partition coefficient (Wildman–Crippen LogP) is -13.9. The van der Waals surface area contributed by atoms with Gasteiger partial charge in [0.2, 0.25) is 0 Å². The Labute approximate surface area is 444 Å². The van der Waals surface area contributed by atoms with Gasteiger partial charge in [-0.1, -0.05) is 5.11 Å². The van der Waals surface area contributed by atoms with Gasteiger partial charge in [0.05, 0.1) is 52.3 Å². The van der Waals surface area contributed by atoms with Crippen molar-refractivity contribution >= 4 is 0 Å². The molecule has 14 bridgehead atoms. The van der Waals surface area contributed by atoms with Crippen LogP contribution in [0, 0.1) is 0 Å². The van der Waals surface area contributed by atoms with Crippen LogP contribution < -0.4 is 0 Å². The van der Waals surface area contributed by atoms with Gasteiger partial charge in [-0.05, 0) is 5.53 Å². The van der Waals surface area contributed by atoms with Crippen molar-refractivity contribution < 1.29 is 168 Å². The first kappa shape index (κ1) is 63.0. The third kappa shape index (κ3) is 12.5. The van der Waals surface area contributed by atoms with Crippen molar-refractivity contribution in [1.29, 1.82) is 0 Å². The predicted molar refractivity (Wildman–Crippen MR) is 235 cm³/mol. The molecule has 21 fully saturated rings. The minimum absolute atomic E-state index is 0.745. The Morgan fingerprint density at radius 1 is 0.241 bits per heavy atom. The summed E-state index contributed by atoms with van der Waals surface area (Å²) in [5.74, 6) is 0. The van der Waals surface area contributed by atoms with Crippen LogP contribution in [0.4, 0.5) is 0 Å². The number of azide groups is 1. The lowest BCUT2D eigenvalue weighted by molar-refractivity contribution is -0.396. The number of rotatable bonds is 8. The zero-order valence-corrected chi connectivity index (χ0v) is 41.2. The second-order valence-corrected chi connectivity index (χ2v) is 19.9. The number of aliphatic hydroxyl groups is 20. The SMILES string of the molecule is [N-]=[N+]=NC[C@H]1O[C@@H]2O[C@H]3[C@H](O)C(O)[C@@H](O[C@H]4[C@H](O)C(O)[C@@H](O[C@H]5[C@H](O)[C@@H](O)[C@@H](O[C@H]6[C@H](O)[C@@H](O)[C@@H](O[C@H]7[C@H](O)[C@@H](O)[C@@H](O[C@H]8[C@H](O)[C@@H](O)[C@H](O[C@@H]8CO)O[C@H]1C(O)C2O)O[C@@H]7CO)O[C@@H]6CO)O[C@@H]5CO)O[C@@H]4CO)O[C@@H]3CO. The Hall–Kier alpha value is -2.05. The highest BCUT2D eigenvalue weighted by Crippen LogP contribution is 2.39. The molecule has 0 aliphatic carbocycles. The van der Waals surface area contributed by atoms with Crippen LogP contribution >= 0.6 is 0 Å². The van der Waals surface area contributed by atoms with E-state index in [2.05, 4.69) is 10.0 Å². The quantitative estimate of drug-likeness (QED) is 0.0610. The normalized spacial score (nSPS) is 54.1. The van der Waals surface area contributed by atoms with Gasteiger partial charge in [0.1, 0.15) is 165 Å². The first-order valence-corrected chi connectivity index (χ1v) is 25.0.